The molecule has 5 nitrogen and oxygen atoms in total. The van der Waals surface area contributed by atoms with Crippen LogP contribution in [0.1, 0.15) is 37.7 Å². The highest BCUT2D eigenvalue weighted by atomic mass is 28.4. The fourth-order valence-electron chi connectivity index (χ4n) is 2.07. The Hall–Kier alpha value is -1.82. The Morgan fingerprint density at radius 1 is 1.30 bits per heavy atom. The normalized spacial score (nSPS) is 15.4. The maximum Gasteiger partial charge on any atom is 0.356 e. The predicted octanol–water partition coefficient (Wildman–Crippen LogP) is 3.94. The Kier molecular flexibility index (Phi) is 4.84. The van der Waals surface area contributed by atoms with Crippen LogP contribution in [0, 0.1) is 0 Å². The van der Waals surface area contributed by atoms with Crippen LogP contribution in [0.2, 0.25) is 18.1 Å². The fraction of sp³-hybridized carbons (Fsp3) is 0.529. The zero-order valence-electron chi connectivity index (χ0n) is 14.8. The molecule has 126 valence electrons. The van der Waals surface area contributed by atoms with Crippen molar-refractivity contribution in [1.29, 1.82) is 0 Å². The molecule has 0 amide bonds. The third kappa shape index (κ3) is 3.93. The first-order valence-electron chi connectivity index (χ1n) is 7.86. The molecule has 1 aromatic rings. The summed E-state index contributed by atoms with van der Waals surface area (Å²) in [5, 5.41) is 0.171. The monoisotopic (exact) mass is 334 g/mol. The molecule has 1 aliphatic heterocycles. The lowest BCUT2D eigenvalue weighted by Crippen LogP contribution is -2.40. The molecule has 0 N–H and O–H groups in total. The summed E-state index contributed by atoms with van der Waals surface area (Å²) in [6, 6.07) is 5.36. The molecular formula is C17H26N2O3Si. The molecule has 0 saturated carbocycles. The van der Waals surface area contributed by atoms with Crippen molar-refractivity contribution >= 4 is 20.1 Å². The summed E-state index contributed by atoms with van der Waals surface area (Å²) >= 11 is 0. The molecule has 0 radical (unpaired) electrons. The highest BCUT2D eigenvalue weighted by Gasteiger charge is 2.40. The lowest BCUT2D eigenvalue weighted by molar-refractivity contribution is 0.0594. The number of rotatable bonds is 4. The smallest absolute Gasteiger partial charge is 0.356 e. The van der Waals surface area contributed by atoms with Gasteiger partial charge in [-0.05, 0) is 30.3 Å². The Bertz CT molecular complexity index is 621. The second-order valence-electron chi connectivity index (χ2n) is 7.27. The molecular weight excluding hydrogens is 308 g/mol. The van der Waals surface area contributed by atoms with E-state index in [2.05, 4.69) is 38.8 Å². The molecule has 0 spiro atoms. The number of hydrogen-bond acceptors (Lipinski definition) is 5. The molecule has 0 aliphatic carbocycles. The minimum Gasteiger partial charge on any atom is -0.545 e. The molecule has 0 aromatic carbocycles. The third-order valence-corrected chi connectivity index (χ3v) is 8.90. The van der Waals surface area contributed by atoms with Crippen LogP contribution in [0.3, 0.4) is 0 Å². The maximum absolute atomic E-state index is 11.6. The molecule has 2 rings (SSSR count). The van der Waals surface area contributed by atoms with Gasteiger partial charge in [0, 0.05) is 19.2 Å². The summed E-state index contributed by atoms with van der Waals surface area (Å²) in [5.74, 6) is 1.32. The van der Waals surface area contributed by atoms with E-state index >= 15 is 0 Å². The van der Waals surface area contributed by atoms with E-state index < -0.39 is 14.3 Å². The molecule has 0 saturated heterocycles. The van der Waals surface area contributed by atoms with Crippen LogP contribution in [-0.4, -0.2) is 32.9 Å². The van der Waals surface area contributed by atoms with E-state index in [4.69, 9.17) is 9.16 Å². The van der Waals surface area contributed by atoms with Gasteiger partial charge in [0.15, 0.2) is 5.69 Å². The highest BCUT2D eigenvalue weighted by Crippen LogP contribution is 2.39. The summed E-state index contributed by atoms with van der Waals surface area (Å²) in [4.78, 5) is 18.0. The van der Waals surface area contributed by atoms with Gasteiger partial charge < -0.3 is 14.1 Å². The van der Waals surface area contributed by atoms with Crippen molar-refractivity contribution in [2.24, 2.45) is 0 Å². The molecule has 6 heteroatoms. The van der Waals surface area contributed by atoms with Crippen molar-refractivity contribution in [3.8, 4) is 0 Å². The quantitative estimate of drug-likeness (QED) is 0.616. The summed E-state index contributed by atoms with van der Waals surface area (Å²) in [7, 11) is -0.466. The summed E-state index contributed by atoms with van der Waals surface area (Å²) in [6.45, 7) is 12.0. The van der Waals surface area contributed by atoms with Crippen molar-refractivity contribution in [3.63, 3.8) is 0 Å². The number of anilines is 1. The van der Waals surface area contributed by atoms with Gasteiger partial charge in [-0.2, -0.15) is 0 Å². The topological polar surface area (TPSA) is 51.7 Å². The lowest BCUT2D eigenvalue weighted by atomic mass is 10.2. The van der Waals surface area contributed by atoms with Crippen LogP contribution < -0.4 is 4.90 Å². The molecule has 0 atom stereocenters. The molecule has 0 unspecified atom stereocenters. The van der Waals surface area contributed by atoms with Gasteiger partial charge in [0.25, 0.3) is 0 Å². The van der Waals surface area contributed by atoms with Crippen LogP contribution in [-0.2, 0) is 9.16 Å². The molecule has 23 heavy (non-hydrogen) atoms. The zero-order valence-corrected chi connectivity index (χ0v) is 15.8. The first-order valence-corrected chi connectivity index (χ1v) is 10.8. The molecule has 0 bridgehead atoms. The van der Waals surface area contributed by atoms with Crippen LogP contribution in [0.4, 0.5) is 5.82 Å². The van der Waals surface area contributed by atoms with E-state index in [0.717, 1.165) is 24.5 Å². The number of aromatic nitrogens is 1. The van der Waals surface area contributed by atoms with Crippen molar-refractivity contribution in [1.82, 2.24) is 4.98 Å². The molecule has 0 fully saturated rings. The van der Waals surface area contributed by atoms with Crippen molar-refractivity contribution < 1.29 is 14.0 Å². The highest BCUT2D eigenvalue weighted by molar-refractivity contribution is 6.74. The number of carbonyl (C=O) groups excluding carboxylic acids is 1. The molecule has 1 aliphatic rings. The first-order chi connectivity index (χ1) is 10.6. The Labute approximate surface area is 139 Å². The van der Waals surface area contributed by atoms with Gasteiger partial charge in [-0.15, -0.1) is 0 Å². The van der Waals surface area contributed by atoms with Gasteiger partial charge in [-0.25, -0.2) is 9.78 Å². The Balaban J connectivity index is 2.15. The predicted molar refractivity (Wildman–Crippen MR) is 93.9 cm³/mol. The average molecular weight is 334 g/mol. The van der Waals surface area contributed by atoms with Crippen molar-refractivity contribution in [3.05, 3.63) is 35.9 Å². The van der Waals surface area contributed by atoms with E-state index in [0.29, 0.717) is 5.69 Å². The molecule has 1 aromatic heterocycles. The van der Waals surface area contributed by atoms with Gasteiger partial charge in [0.05, 0.1) is 12.9 Å². The van der Waals surface area contributed by atoms with Crippen LogP contribution >= 0.6 is 0 Å². The van der Waals surface area contributed by atoms with E-state index in [1.807, 2.05) is 23.2 Å². The second kappa shape index (κ2) is 6.35. The minimum absolute atomic E-state index is 0.171. The van der Waals surface area contributed by atoms with Crippen molar-refractivity contribution in [2.45, 2.75) is 45.3 Å². The number of carbonyl (C=O) groups is 1. The number of nitrogens with zero attached hydrogens (tertiary/aromatic N) is 2. The number of pyridine rings is 1. The lowest BCUT2D eigenvalue weighted by Gasteiger charge is -2.36. The van der Waals surface area contributed by atoms with E-state index in [1.54, 1.807) is 6.07 Å². The van der Waals surface area contributed by atoms with Gasteiger partial charge >= 0.3 is 5.97 Å². The van der Waals surface area contributed by atoms with Gasteiger partial charge in [0.2, 0.25) is 8.32 Å². The van der Waals surface area contributed by atoms with Crippen LogP contribution in [0.15, 0.2) is 30.2 Å². The van der Waals surface area contributed by atoms with Gasteiger partial charge in [-0.1, -0.05) is 26.8 Å². The maximum atomic E-state index is 11.6. The fourth-order valence-corrected chi connectivity index (χ4v) is 3.19. The van der Waals surface area contributed by atoms with Gasteiger partial charge in [-0.3, -0.25) is 0 Å². The number of hydrogen-bond donors (Lipinski definition) is 0. The largest absolute Gasteiger partial charge is 0.545 e. The number of esters is 1. The number of methoxy groups -OCH3 is 1. The Morgan fingerprint density at radius 2 is 2.00 bits per heavy atom. The van der Waals surface area contributed by atoms with E-state index in [9.17, 15) is 4.79 Å². The zero-order chi connectivity index (χ0) is 17.3. The number of ether oxygens (including phenoxy) is 1. The molecule has 2 heterocycles. The summed E-state index contributed by atoms with van der Waals surface area (Å²) < 4.78 is 11.1. The van der Waals surface area contributed by atoms with Gasteiger partial charge in [0.1, 0.15) is 5.82 Å². The average Bonchev–Trinajstić information content (AvgIpc) is 2.93. The minimum atomic E-state index is -1.82. The SMILES string of the molecule is COC(=O)c1cccc(N2C=C(O[Si](C)(C)C(C)(C)C)CC2)n1. The summed E-state index contributed by atoms with van der Waals surface area (Å²) in [6.07, 6.45) is 2.86. The van der Waals surface area contributed by atoms with Crippen LogP contribution in [0.25, 0.3) is 0 Å². The second-order valence-corrected chi connectivity index (χ2v) is 12.0. The van der Waals surface area contributed by atoms with Crippen LogP contribution in [0.5, 0.6) is 0 Å². The summed E-state index contributed by atoms with van der Waals surface area (Å²) in [5.41, 5.74) is 0.317. The first kappa shape index (κ1) is 17.5. The van der Waals surface area contributed by atoms with E-state index in [1.165, 1.54) is 7.11 Å². The standard InChI is InChI=1S/C17H26N2O3Si/c1-17(2,3)23(5,6)22-13-10-11-19(12-13)15-9-7-8-14(18-15)16(20)21-4/h7-9,12H,10-11H2,1-6H3. The van der Waals surface area contributed by atoms with E-state index in [-0.39, 0.29) is 5.04 Å². The van der Waals surface area contributed by atoms with Crippen molar-refractivity contribution in [2.75, 3.05) is 18.6 Å². The third-order valence-electron chi connectivity index (χ3n) is 4.51. The Morgan fingerprint density at radius 3 is 2.61 bits per heavy atom.